The number of thiazole rings is 1. The molecule has 0 aliphatic heterocycles. The molecule has 1 saturated carbocycles. The Hall–Kier alpha value is -3.27. The molecule has 1 atom stereocenters. The second kappa shape index (κ2) is 9.69. The molecule has 1 aliphatic rings. The first-order valence-corrected chi connectivity index (χ1v) is 11.1. The van der Waals surface area contributed by atoms with Crippen LogP contribution in [0.2, 0.25) is 0 Å². The van der Waals surface area contributed by atoms with Gasteiger partial charge in [0.15, 0.2) is 5.13 Å². The van der Waals surface area contributed by atoms with E-state index in [0.29, 0.717) is 28.0 Å². The summed E-state index contributed by atoms with van der Waals surface area (Å²) in [6, 6.07) is 3.03. The molecule has 3 N–H and O–H groups in total. The van der Waals surface area contributed by atoms with E-state index in [1.165, 1.54) is 30.4 Å². The smallest absolute Gasteiger partial charge is 0.263 e. The van der Waals surface area contributed by atoms with Crippen molar-refractivity contribution in [1.82, 2.24) is 25.1 Å². The molecule has 0 spiro atoms. The van der Waals surface area contributed by atoms with Crippen molar-refractivity contribution in [2.75, 3.05) is 10.6 Å². The van der Waals surface area contributed by atoms with Crippen molar-refractivity contribution in [3.05, 3.63) is 48.0 Å². The number of hydrogen-bond acceptors (Lipinski definition) is 7. The van der Waals surface area contributed by atoms with Crippen LogP contribution in [0.5, 0.6) is 0 Å². The second-order valence-corrected chi connectivity index (χ2v) is 8.73. The molecule has 3 aromatic rings. The molecule has 31 heavy (non-hydrogen) atoms. The molecular formula is C21H25N7O2S. The maximum Gasteiger partial charge on any atom is 0.263 e. The summed E-state index contributed by atoms with van der Waals surface area (Å²) < 4.78 is 1.62. The third-order valence-electron chi connectivity index (χ3n) is 5.30. The molecule has 0 bridgehead atoms. The molecule has 0 radical (unpaired) electrons. The lowest BCUT2D eigenvalue weighted by Crippen LogP contribution is -2.44. The van der Waals surface area contributed by atoms with E-state index < -0.39 is 6.04 Å². The number of carbonyl (C=O) groups excluding carboxylic acids is 2. The fourth-order valence-electron chi connectivity index (χ4n) is 3.75. The summed E-state index contributed by atoms with van der Waals surface area (Å²) in [7, 11) is 1.79. The Morgan fingerprint density at radius 1 is 1.19 bits per heavy atom. The number of nitrogens with one attached hydrogen (secondary N) is 3. The summed E-state index contributed by atoms with van der Waals surface area (Å²) in [6.45, 7) is 0. The Morgan fingerprint density at radius 2 is 1.97 bits per heavy atom. The van der Waals surface area contributed by atoms with Crippen LogP contribution in [0.4, 0.5) is 16.5 Å². The molecular weight excluding hydrogens is 414 g/mol. The van der Waals surface area contributed by atoms with Crippen LogP contribution in [0, 0.1) is 5.92 Å². The number of carbonyl (C=O) groups is 2. The molecule has 4 rings (SSSR count). The van der Waals surface area contributed by atoms with Crippen LogP contribution in [0.1, 0.15) is 41.8 Å². The molecule has 2 amide bonds. The average Bonchev–Trinajstić information content (AvgIpc) is 3.51. The molecule has 1 unspecified atom stereocenters. The molecule has 0 saturated heterocycles. The number of nitrogens with zero attached hydrogens (tertiary/aromatic N) is 4. The third-order valence-corrected chi connectivity index (χ3v) is 6.21. The van der Waals surface area contributed by atoms with Crippen LogP contribution in [-0.2, 0) is 11.8 Å². The summed E-state index contributed by atoms with van der Waals surface area (Å²) in [4.78, 5) is 34.5. The van der Waals surface area contributed by atoms with Crippen molar-refractivity contribution < 1.29 is 9.59 Å². The van der Waals surface area contributed by atoms with E-state index in [-0.39, 0.29) is 11.8 Å². The predicted molar refractivity (Wildman–Crippen MR) is 119 cm³/mol. The van der Waals surface area contributed by atoms with E-state index in [2.05, 4.69) is 31.0 Å². The number of pyridine rings is 1. The molecule has 1 aliphatic carbocycles. The zero-order chi connectivity index (χ0) is 21.6. The van der Waals surface area contributed by atoms with Crippen LogP contribution in [-0.4, -0.2) is 37.6 Å². The quantitative estimate of drug-likeness (QED) is 0.496. The summed E-state index contributed by atoms with van der Waals surface area (Å²) in [6.07, 6.45) is 13.4. The maximum absolute atomic E-state index is 12.9. The SMILES string of the molecule is Cn1cc(NC(=O)C(CC2CCCC2)NC(=O)c2cnc(Nc3ccncc3)s2)cn1. The van der Waals surface area contributed by atoms with Gasteiger partial charge >= 0.3 is 0 Å². The van der Waals surface area contributed by atoms with Crippen LogP contribution in [0.15, 0.2) is 43.1 Å². The van der Waals surface area contributed by atoms with Crippen molar-refractivity contribution in [2.45, 2.75) is 38.1 Å². The standard InChI is InChI=1S/C21H25N7O2S/c1-28-13-16(11-24-28)25-19(29)17(10-14-4-2-3-5-14)27-20(30)18-12-23-21(31-18)26-15-6-8-22-9-7-15/h6-9,11-14,17H,2-5,10H2,1H3,(H,25,29)(H,27,30)(H,22,23,26). The molecule has 162 valence electrons. The summed E-state index contributed by atoms with van der Waals surface area (Å²) >= 11 is 1.24. The van der Waals surface area contributed by atoms with Gasteiger partial charge in [-0.3, -0.25) is 19.3 Å². The fraction of sp³-hybridized carbons (Fsp3) is 0.381. The highest BCUT2D eigenvalue weighted by molar-refractivity contribution is 7.17. The van der Waals surface area contributed by atoms with Crippen LogP contribution in [0.3, 0.4) is 0 Å². The minimum Gasteiger partial charge on any atom is -0.339 e. The Bertz CT molecular complexity index is 1030. The first-order chi connectivity index (χ1) is 15.1. The van der Waals surface area contributed by atoms with Crippen molar-refractivity contribution >= 4 is 39.7 Å². The Labute approximate surface area is 184 Å². The van der Waals surface area contributed by atoms with Gasteiger partial charge in [0.2, 0.25) is 5.91 Å². The van der Waals surface area contributed by atoms with E-state index in [9.17, 15) is 9.59 Å². The van der Waals surface area contributed by atoms with Crippen LogP contribution in [0.25, 0.3) is 0 Å². The van der Waals surface area contributed by atoms with Crippen LogP contribution < -0.4 is 16.0 Å². The Kier molecular flexibility index (Phi) is 6.56. The maximum atomic E-state index is 12.9. The topological polar surface area (TPSA) is 114 Å². The molecule has 0 aromatic carbocycles. The summed E-state index contributed by atoms with van der Waals surface area (Å²) in [5, 5.41) is 13.6. The van der Waals surface area contributed by atoms with Gasteiger partial charge in [-0.1, -0.05) is 37.0 Å². The predicted octanol–water partition coefficient (Wildman–Crippen LogP) is 3.33. The Balaban J connectivity index is 1.42. The zero-order valence-corrected chi connectivity index (χ0v) is 18.1. The van der Waals surface area contributed by atoms with Crippen molar-refractivity contribution in [3.63, 3.8) is 0 Å². The number of anilines is 3. The molecule has 10 heteroatoms. The summed E-state index contributed by atoms with van der Waals surface area (Å²) in [5.74, 6) is -0.0900. The van der Waals surface area contributed by atoms with Gasteiger partial charge in [-0.25, -0.2) is 4.98 Å². The average molecular weight is 440 g/mol. The summed E-state index contributed by atoms with van der Waals surface area (Å²) in [5.41, 5.74) is 1.45. The molecule has 9 nitrogen and oxygen atoms in total. The van der Waals surface area contributed by atoms with Crippen molar-refractivity contribution in [3.8, 4) is 0 Å². The fourth-order valence-corrected chi connectivity index (χ4v) is 4.49. The first-order valence-electron chi connectivity index (χ1n) is 10.3. The second-order valence-electron chi connectivity index (χ2n) is 7.69. The lowest BCUT2D eigenvalue weighted by molar-refractivity contribution is -0.118. The zero-order valence-electron chi connectivity index (χ0n) is 17.2. The van der Waals surface area contributed by atoms with Crippen LogP contribution >= 0.6 is 11.3 Å². The van der Waals surface area contributed by atoms with Crippen molar-refractivity contribution in [1.29, 1.82) is 0 Å². The lowest BCUT2D eigenvalue weighted by Gasteiger charge is -2.20. The minimum atomic E-state index is -0.616. The van der Waals surface area contributed by atoms with Gasteiger partial charge in [-0.05, 0) is 24.5 Å². The van der Waals surface area contributed by atoms with Gasteiger partial charge in [-0.2, -0.15) is 5.10 Å². The highest BCUT2D eigenvalue weighted by Gasteiger charge is 2.28. The van der Waals surface area contributed by atoms with E-state index in [4.69, 9.17) is 0 Å². The van der Waals surface area contributed by atoms with Gasteiger partial charge in [0.1, 0.15) is 10.9 Å². The Morgan fingerprint density at radius 3 is 2.68 bits per heavy atom. The van der Waals surface area contributed by atoms with Gasteiger partial charge in [0.05, 0.1) is 18.1 Å². The number of aryl methyl sites for hydroxylation is 1. The van der Waals surface area contributed by atoms with Crippen molar-refractivity contribution in [2.24, 2.45) is 13.0 Å². The van der Waals surface area contributed by atoms with E-state index in [1.54, 1.807) is 36.5 Å². The number of amides is 2. The number of aromatic nitrogens is 4. The highest BCUT2D eigenvalue weighted by Crippen LogP contribution is 2.29. The van der Waals surface area contributed by atoms with Gasteiger partial charge in [0.25, 0.3) is 5.91 Å². The van der Waals surface area contributed by atoms with E-state index >= 15 is 0 Å². The minimum absolute atomic E-state index is 0.229. The van der Waals surface area contributed by atoms with Gasteiger partial charge in [-0.15, -0.1) is 0 Å². The largest absolute Gasteiger partial charge is 0.339 e. The number of hydrogen-bond donors (Lipinski definition) is 3. The van der Waals surface area contributed by atoms with E-state index in [1.807, 2.05) is 12.1 Å². The van der Waals surface area contributed by atoms with Gasteiger partial charge in [0, 0.05) is 31.3 Å². The number of rotatable bonds is 8. The monoisotopic (exact) mass is 439 g/mol. The third kappa shape index (κ3) is 5.66. The first kappa shape index (κ1) is 21.0. The lowest BCUT2D eigenvalue weighted by atomic mass is 9.97. The molecule has 3 aromatic heterocycles. The van der Waals surface area contributed by atoms with Gasteiger partial charge < -0.3 is 16.0 Å². The van der Waals surface area contributed by atoms with E-state index in [0.717, 1.165) is 18.5 Å². The highest BCUT2D eigenvalue weighted by atomic mass is 32.1. The normalized spacial score (nSPS) is 14.9. The molecule has 3 heterocycles. The molecule has 1 fully saturated rings.